The molecule has 154 valence electrons. The molecule has 31 heavy (non-hydrogen) atoms. The first-order valence-corrected chi connectivity index (χ1v) is 9.75. The highest BCUT2D eigenvalue weighted by molar-refractivity contribution is 6.04. The Morgan fingerprint density at radius 3 is 2.32 bits per heavy atom. The first kappa shape index (κ1) is 20.0. The summed E-state index contributed by atoms with van der Waals surface area (Å²) in [5.74, 6) is -0.609. The van der Waals surface area contributed by atoms with Gasteiger partial charge in [-0.3, -0.25) is 14.4 Å². The molecule has 0 spiro atoms. The molecule has 0 aliphatic rings. The number of benzene rings is 3. The van der Waals surface area contributed by atoms with Gasteiger partial charge in [0.15, 0.2) is 5.69 Å². The number of carbonyl (C=O) groups is 2. The van der Waals surface area contributed by atoms with E-state index in [9.17, 15) is 14.4 Å². The van der Waals surface area contributed by atoms with E-state index >= 15 is 0 Å². The molecule has 0 saturated heterocycles. The third kappa shape index (κ3) is 4.06. The molecule has 3 aromatic carbocycles. The highest BCUT2D eigenvalue weighted by Crippen LogP contribution is 2.15. The minimum atomic E-state index is -0.411. The van der Waals surface area contributed by atoms with Crippen molar-refractivity contribution in [1.29, 1.82) is 0 Å². The molecular weight excluding hydrogens is 392 g/mol. The number of amides is 2. The van der Waals surface area contributed by atoms with Gasteiger partial charge in [-0.15, -0.1) is 0 Å². The number of aromatic nitrogens is 2. The van der Waals surface area contributed by atoms with E-state index in [4.69, 9.17) is 0 Å². The lowest BCUT2D eigenvalue weighted by Crippen LogP contribution is -2.30. The molecule has 0 aliphatic heterocycles. The molecule has 2 N–H and O–H groups in total. The number of nitrogens with one attached hydrogen (secondary N) is 2. The Bertz CT molecular complexity index is 1330. The van der Waals surface area contributed by atoms with Crippen molar-refractivity contribution in [2.24, 2.45) is 0 Å². The van der Waals surface area contributed by atoms with Crippen LogP contribution in [-0.2, 0) is 6.54 Å². The van der Waals surface area contributed by atoms with E-state index in [2.05, 4.69) is 15.7 Å². The van der Waals surface area contributed by atoms with Crippen LogP contribution in [-0.4, -0.2) is 28.6 Å². The molecule has 0 atom stereocenters. The number of hydrogen-bond acceptors (Lipinski definition) is 4. The van der Waals surface area contributed by atoms with Gasteiger partial charge in [0.25, 0.3) is 17.4 Å². The van der Waals surface area contributed by atoms with Crippen molar-refractivity contribution in [3.8, 4) is 5.69 Å². The quantitative estimate of drug-likeness (QED) is 0.527. The smallest absolute Gasteiger partial charge is 0.279 e. The fraction of sp³-hybridized carbons (Fsp3) is 0.0833. The predicted molar refractivity (Wildman–Crippen MR) is 118 cm³/mol. The monoisotopic (exact) mass is 412 g/mol. The zero-order chi connectivity index (χ0) is 21.8. The molecule has 2 amide bonds. The lowest BCUT2D eigenvalue weighted by Gasteiger charge is -2.12. The van der Waals surface area contributed by atoms with Crippen LogP contribution in [0, 0.1) is 0 Å². The van der Waals surface area contributed by atoms with Crippen molar-refractivity contribution in [1.82, 2.24) is 20.4 Å². The summed E-state index contributed by atoms with van der Waals surface area (Å²) in [6, 6.07) is 22.9. The van der Waals surface area contributed by atoms with Crippen molar-refractivity contribution in [3.63, 3.8) is 0 Å². The van der Waals surface area contributed by atoms with Crippen LogP contribution in [0.2, 0.25) is 0 Å². The average molecular weight is 412 g/mol. The molecule has 0 bridgehead atoms. The molecule has 4 rings (SSSR count). The Kier molecular flexibility index (Phi) is 5.57. The first-order valence-electron chi connectivity index (χ1n) is 9.75. The number of nitrogens with zero attached hydrogens (tertiary/aromatic N) is 2. The summed E-state index contributed by atoms with van der Waals surface area (Å²) < 4.78 is 1.24. The van der Waals surface area contributed by atoms with Gasteiger partial charge in [0.05, 0.1) is 11.1 Å². The second kappa shape index (κ2) is 8.62. The average Bonchev–Trinajstić information content (AvgIpc) is 2.83. The summed E-state index contributed by atoms with van der Waals surface area (Å²) in [6.45, 7) is 0.212. The van der Waals surface area contributed by atoms with Gasteiger partial charge < -0.3 is 10.6 Å². The summed E-state index contributed by atoms with van der Waals surface area (Å²) >= 11 is 0. The van der Waals surface area contributed by atoms with Crippen molar-refractivity contribution in [2.45, 2.75) is 6.54 Å². The van der Waals surface area contributed by atoms with E-state index in [0.29, 0.717) is 22.0 Å². The lowest BCUT2D eigenvalue weighted by molar-refractivity contribution is 0.0944. The van der Waals surface area contributed by atoms with E-state index in [-0.39, 0.29) is 23.7 Å². The van der Waals surface area contributed by atoms with Gasteiger partial charge in [-0.25, -0.2) is 0 Å². The number of hydrogen-bond donors (Lipinski definition) is 2. The van der Waals surface area contributed by atoms with Gasteiger partial charge in [0.1, 0.15) is 0 Å². The Labute approximate surface area is 178 Å². The molecule has 7 heteroatoms. The minimum Gasteiger partial charge on any atom is -0.355 e. The van der Waals surface area contributed by atoms with E-state index in [0.717, 1.165) is 5.56 Å². The maximum absolute atomic E-state index is 13.0. The number of para-hydroxylation sites is 1. The van der Waals surface area contributed by atoms with Crippen LogP contribution >= 0.6 is 0 Å². The second-order valence-corrected chi connectivity index (χ2v) is 6.91. The molecule has 1 aromatic heterocycles. The van der Waals surface area contributed by atoms with Crippen LogP contribution in [0.15, 0.2) is 83.7 Å². The SMILES string of the molecule is CNC(=O)c1cccc(CNC(=O)c2nn(-c3ccccc3)c(=O)c3ccccc23)c1. The number of rotatable bonds is 5. The van der Waals surface area contributed by atoms with Crippen LogP contribution in [0.5, 0.6) is 0 Å². The van der Waals surface area contributed by atoms with Gasteiger partial charge in [0, 0.05) is 24.5 Å². The molecule has 0 saturated carbocycles. The fourth-order valence-corrected chi connectivity index (χ4v) is 3.33. The zero-order valence-electron chi connectivity index (χ0n) is 16.8. The number of carbonyl (C=O) groups excluding carboxylic acids is 2. The molecule has 0 fully saturated rings. The van der Waals surface area contributed by atoms with E-state index < -0.39 is 5.91 Å². The summed E-state index contributed by atoms with van der Waals surface area (Å²) in [5.41, 5.74) is 1.72. The molecular formula is C24H20N4O3. The van der Waals surface area contributed by atoms with Gasteiger partial charge in [-0.1, -0.05) is 48.5 Å². The van der Waals surface area contributed by atoms with Crippen LogP contribution in [0.25, 0.3) is 16.5 Å². The zero-order valence-corrected chi connectivity index (χ0v) is 16.8. The van der Waals surface area contributed by atoms with Crippen molar-refractivity contribution in [3.05, 3.63) is 106 Å². The third-order valence-electron chi connectivity index (χ3n) is 4.89. The molecule has 0 unspecified atom stereocenters. The van der Waals surface area contributed by atoms with E-state index in [1.54, 1.807) is 73.8 Å². The summed E-state index contributed by atoms with van der Waals surface area (Å²) in [6.07, 6.45) is 0. The Morgan fingerprint density at radius 1 is 0.871 bits per heavy atom. The predicted octanol–water partition coefficient (Wildman–Crippen LogP) is 2.68. The summed E-state index contributed by atoms with van der Waals surface area (Å²) in [5, 5.41) is 10.7. The molecule has 1 heterocycles. The van der Waals surface area contributed by atoms with Crippen LogP contribution in [0.3, 0.4) is 0 Å². The summed E-state index contributed by atoms with van der Waals surface area (Å²) in [4.78, 5) is 37.8. The van der Waals surface area contributed by atoms with Crippen molar-refractivity contribution < 1.29 is 9.59 Å². The lowest BCUT2D eigenvalue weighted by atomic mass is 10.1. The van der Waals surface area contributed by atoms with E-state index in [1.165, 1.54) is 4.68 Å². The van der Waals surface area contributed by atoms with Gasteiger partial charge in [0.2, 0.25) is 0 Å². The first-order chi connectivity index (χ1) is 15.1. The van der Waals surface area contributed by atoms with Crippen molar-refractivity contribution >= 4 is 22.6 Å². The fourth-order valence-electron chi connectivity index (χ4n) is 3.33. The molecule has 0 aliphatic carbocycles. The Hall–Kier alpha value is -4.26. The molecule has 0 radical (unpaired) electrons. The highest BCUT2D eigenvalue weighted by atomic mass is 16.2. The van der Waals surface area contributed by atoms with Crippen LogP contribution in [0.4, 0.5) is 0 Å². The molecule has 4 aromatic rings. The standard InChI is InChI=1S/C24H20N4O3/c1-25-22(29)17-9-7-8-16(14-17)15-26-23(30)21-19-12-5-6-13-20(19)24(31)28(27-21)18-10-3-2-4-11-18/h2-14H,15H2,1H3,(H,25,29)(H,26,30). The van der Waals surface area contributed by atoms with Gasteiger partial charge >= 0.3 is 0 Å². The maximum atomic E-state index is 13.0. The Morgan fingerprint density at radius 2 is 1.58 bits per heavy atom. The minimum absolute atomic E-state index is 0.154. The number of fused-ring (bicyclic) bond motifs is 1. The summed E-state index contributed by atoms with van der Waals surface area (Å²) in [7, 11) is 1.56. The second-order valence-electron chi connectivity index (χ2n) is 6.91. The van der Waals surface area contributed by atoms with Gasteiger partial charge in [-0.2, -0.15) is 9.78 Å². The van der Waals surface area contributed by atoms with E-state index in [1.807, 2.05) is 12.1 Å². The topological polar surface area (TPSA) is 93.1 Å². The maximum Gasteiger partial charge on any atom is 0.279 e. The Balaban J connectivity index is 1.69. The third-order valence-corrected chi connectivity index (χ3v) is 4.89. The molecule has 7 nitrogen and oxygen atoms in total. The van der Waals surface area contributed by atoms with Crippen LogP contribution in [0.1, 0.15) is 26.4 Å². The van der Waals surface area contributed by atoms with Crippen LogP contribution < -0.4 is 16.2 Å². The van der Waals surface area contributed by atoms with Crippen molar-refractivity contribution in [2.75, 3.05) is 7.05 Å². The normalized spacial score (nSPS) is 10.6. The highest BCUT2D eigenvalue weighted by Gasteiger charge is 2.17. The van der Waals surface area contributed by atoms with Gasteiger partial charge in [-0.05, 0) is 35.9 Å². The largest absolute Gasteiger partial charge is 0.355 e.